The summed E-state index contributed by atoms with van der Waals surface area (Å²) in [6, 6.07) is 2.99. The normalized spacial score (nSPS) is 18.1. The van der Waals surface area contributed by atoms with E-state index in [1.165, 1.54) is 4.90 Å². The third kappa shape index (κ3) is 3.84. The Morgan fingerprint density at radius 3 is 3.10 bits per heavy atom. The highest BCUT2D eigenvalue weighted by Gasteiger charge is 2.28. The zero-order chi connectivity index (χ0) is 15.2. The number of aromatic nitrogens is 1. The van der Waals surface area contributed by atoms with Gasteiger partial charge in [-0.25, -0.2) is 9.78 Å². The Labute approximate surface area is 123 Å². The summed E-state index contributed by atoms with van der Waals surface area (Å²) in [7, 11) is 0. The lowest BCUT2D eigenvalue weighted by molar-refractivity contribution is -0.121. The Morgan fingerprint density at radius 2 is 2.38 bits per heavy atom. The molecule has 1 atom stereocenters. The van der Waals surface area contributed by atoms with Gasteiger partial charge >= 0.3 is 6.03 Å². The van der Waals surface area contributed by atoms with Crippen molar-refractivity contribution >= 4 is 17.6 Å². The zero-order valence-electron chi connectivity index (χ0n) is 12.0. The number of urea groups is 1. The van der Waals surface area contributed by atoms with Gasteiger partial charge in [0, 0.05) is 19.3 Å². The first-order chi connectivity index (χ1) is 10.1. The van der Waals surface area contributed by atoms with Crippen molar-refractivity contribution in [3.05, 3.63) is 18.3 Å². The molecule has 0 bridgehead atoms. The fraction of sp³-hybridized carbons (Fsp3) is 0.500. The molecule has 1 fully saturated rings. The quantitative estimate of drug-likeness (QED) is 0.871. The minimum absolute atomic E-state index is 0.144. The minimum atomic E-state index is -0.483. The molecule has 2 heterocycles. The van der Waals surface area contributed by atoms with Gasteiger partial charge < -0.3 is 20.7 Å². The summed E-state index contributed by atoms with van der Waals surface area (Å²) in [6.07, 6.45) is 3.11. The van der Waals surface area contributed by atoms with Crippen molar-refractivity contribution in [3.63, 3.8) is 0 Å². The number of nitrogens with one attached hydrogen (secondary N) is 1. The second-order valence-corrected chi connectivity index (χ2v) is 4.90. The molecule has 7 nitrogen and oxygen atoms in total. The highest BCUT2D eigenvalue weighted by atomic mass is 16.5. The van der Waals surface area contributed by atoms with E-state index in [1.807, 2.05) is 6.92 Å². The molecule has 0 saturated carbocycles. The fourth-order valence-corrected chi connectivity index (χ4v) is 2.36. The molecule has 0 radical (unpaired) electrons. The Kier molecular flexibility index (Phi) is 4.97. The van der Waals surface area contributed by atoms with Gasteiger partial charge in [0.1, 0.15) is 5.69 Å². The summed E-state index contributed by atoms with van der Waals surface area (Å²) in [5.41, 5.74) is 5.81. The lowest BCUT2D eigenvalue weighted by atomic mass is 9.97. The molecule has 1 saturated heterocycles. The molecule has 0 aromatic carbocycles. The lowest BCUT2D eigenvalue weighted by Gasteiger charge is -2.30. The number of likely N-dealkylation sites (tertiary alicyclic amines) is 1. The second kappa shape index (κ2) is 6.92. The Bertz CT molecular complexity index is 521. The molecule has 3 N–H and O–H groups in total. The molecule has 114 valence electrons. The number of anilines is 1. The van der Waals surface area contributed by atoms with Crippen molar-refractivity contribution in [3.8, 4) is 5.88 Å². The first-order valence-electron chi connectivity index (χ1n) is 7.05. The van der Waals surface area contributed by atoms with Crippen LogP contribution in [0.1, 0.15) is 19.8 Å². The van der Waals surface area contributed by atoms with E-state index in [2.05, 4.69) is 10.3 Å². The van der Waals surface area contributed by atoms with Crippen molar-refractivity contribution < 1.29 is 14.3 Å². The Balaban J connectivity index is 2.02. The summed E-state index contributed by atoms with van der Waals surface area (Å²) >= 11 is 0. The van der Waals surface area contributed by atoms with Gasteiger partial charge in [0.25, 0.3) is 0 Å². The van der Waals surface area contributed by atoms with Gasteiger partial charge in [-0.05, 0) is 31.9 Å². The highest BCUT2D eigenvalue weighted by molar-refractivity contribution is 5.94. The number of carbonyl (C=O) groups excluding carboxylic acids is 2. The average molecular weight is 292 g/mol. The molecule has 2 rings (SSSR count). The van der Waals surface area contributed by atoms with E-state index in [0.29, 0.717) is 31.3 Å². The monoisotopic (exact) mass is 292 g/mol. The number of pyridine rings is 1. The van der Waals surface area contributed by atoms with E-state index in [1.54, 1.807) is 18.3 Å². The number of hydrogen-bond donors (Lipinski definition) is 2. The number of ether oxygens (including phenoxy) is 1. The van der Waals surface area contributed by atoms with E-state index >= 15 is 0 Å². The summed E-state index contributed by atoms with van der Waals surface area (Å²) in [5, 5.41) is 2.82. The molecule has 7 heteroatoms. The van der Waals surface area contributed by atoms with Crippen LogP contribution in [-0.4, -0.2) is 41.5 Å². The summed E-state index contributed by atoms with van der Waals surface area (Å²) in [4.78, 5) is 29.1. The van der Waals surface area contributed by atoms with Crippen molar-refractivity contribution in [2.75, 3.05) is 25.0 Å². The van der Waals surface area contributed by atoms with Crippen LogP contribution in [-0.2, 0) is 4.79 Å². The molecule has 3 amide bonds. The number of nitrogens with two attached hydrogens (primary N) is 1. The van der Waals surface area contributed by atoms with Crippen LogP contribution in [0, 0.1) is 5.92 Å². The lowest BCUT2D eigenvalue weighted by Crippen LogP contribution is -2.46. The van der Waals surface area contributed by atoms with Crippen LogP contribution in [0.25, 0.3) is 0 Å². The van der Waals surface area contributed by atoms with E-state index in [4.69, 9.17) is 10.5 Å². The van der Waals surface area contributed by atoms with Gasteiger partial charge in [0.2, 0.25) is 11.8 Å². The van der Waals surface area contributed by atoms with Gasteiger partial charge in [-0.1, -0.05) is 0 Å². The van der Waals surface area contributed by atoms with Crippen LogP contribution in [0.3, 0.4) is 0 Å². The predicted molar refractivity (Wildman–Crippen MR) is 77.9 cm³/mol. The van der Waals surface area contributed by atoms with E-state index < -0.39 is 6.03 Å². The van der Waals surface area contributed by atoms with Gasteiger partial charge in [0.05, 0.1) is 12.5 Å². The van der Waals surface area contributed by atoms with Crippen molar-refractivity contribution in [1.82, 2.24) is 9.88 Å². The number of piperidine rings is 1. The van der Waals surface area contributed by atoms with E-state index in [-0.39, 0.29) is 11.8 Å². The number of hydrogen-bond acceptors (Lipinski definition) is 4. The van der Waals surface area contributed by atoms with Gasteiger partial charge in [0.15, 0.2) is 0 Å². The topological polar surface area (TPSA) is 97.6 Å². The third-order valence-electron chi connectivity index (χ3n) is 3.41. The van der Waals surface area contributed by atoms with Crippen LogP contribution >= 0.6 is 0 Å². The van der Waals surface area contributed by atoms with E-state index in [0.717, 1.165) is 12.8 Å². The molecule has 1 aromatic heterocycles. The first kappa shape index (κ1) is 15.1. The molecule has 1 aromatic rings. The van der Waals surface area contributed by atoms with Crippen LogP contribution in [0.2, 0.25) is 0 Å². The molecular formula is C14H20N4O3. The largest absolute Gasteiger partial charge is 0.476 e. The Hall–Kier alpha value is -2.31. The second-order valence-electron chi connectivity index (χ2n) is 4.90. The maximum absolute atomic E-state index is 12.3. The summed E-state index contributed by atoms with van der Waals surface area (Å²) in [6.45, 7) is 3.28. The molecule has 0 aliphatic carbocycles. The standard InChI is InChI=1S/C14H20N4O3/c1-2-21-13-11(6-3-7-16-13)17-12(19)10-5-4-8-18(9-10)14(15)20/h3,6-7,10H,2,4-5,8-9H2,1H3,(H2,15,20)(H,17,19)/t10-/m1/s1. The molecule has 0 spiro atoms. The molecule has 1 aliphatic heterocycles. The zero-order valence-corrected chi connectivity index (χ0v) is 12.0. The molecule has 21 heavy (non-hydrogen) atoms. The first-order valence-corrected chi connectivity index (χ1v) is 7.05. The third-order valence-corrected chi connectivity index (χ3v) is 3.41. The number of primary amides is 1. The predicted octanol–water partition coefficient (Wildman–Crippen LogP) is 1.21. The highest BCUT2D eigenvalue weighted by Crippen LogP contribution is 2.23. The Morgan fingerprint density at radius 1 is 1.57 bits per heavy atom. The van der Waals surface area contributed by atoms with Crippen LogP contribution < -0.4 is 15.8 Å². The van der Waals surface area contributed by atoms with Crippen molar-refractivity contribution in [2.45, 2.75) is 19.8 Å². The number of amides is 3. The smallest absolute Gasteiger partial charge is 0.314 e. The van der Waals surface area contributed by atoms with Crippen LogP contribution in [0.4, 0.5) is 10.5 Å². The summed E-state index contributed by atoms with van der Waals surface area (Å²) < 4.78 is 5.37. The maximum atomic E-state index is 12.3. The number of carbonyl (C=O) groups is 2. The average Bonchev–Trinajstić information content (AvgIpc) is 2.49. The van der Waals surface area contributed by atoms with Crippen LogP contribution in [0.15, 0.2) is 18.3 Å². The molecule has 1 aliphatic rings. The molecule has 0 unspecified atom stereocenters. The maximum Gasteiger partial charge on any atom is 0.314 e. The van der Waals surface area contributed by atoms with Crippen molar-refractivity contribution in [1.29, 1.82) is 0 Å². The van der Waals surface area contributed by atoms with Gasteiger partial charge in [-0.2, -0.15) is 0 Å². The SMILES string of the molecule is CCOc1ncccc1NC(=O)[C@@H]1CCCN(C(N)=O)C1. The molecular weight excluding hydrogens is 272 g/mol. The minimum Gasteiger partial charge on any atom is -0.476 e. The number of nitrogens with zero attached hydrogens (tertiary/aromatic N) is 2. The number of rotatable bonds is 4. The summed E-state index contributed by atoms with van der Waals surface area (Å²) in [5.74, 6) is -0.00764. The van der Waals surface area contributed by atoms with Gasteiger partial charge in [-0.15, -0.1) is 0 Å². The van der Waals surface area contributed by atoms with E-state index in [9.17, 15) is 9.59 Å². The van der Waals surface area contributed by atoms with Crippen molar-refractivity contribution in [2.24, 2.45) is 11.7 Å². The van der Waals surface area contributed by atoms with Crippen LogP contribution in [0.5, 0.6) is 5.88 Å². The van der Waals surface area contributed by atoms with Gasteiger partial charge in [-0.3, -0.25) is 4.79 Å². The fourth-order valence-electron chi connectivity index (χ4n) is 2.36.